The molecule has 0 radical (unpaired) electrons. The van der Waals surface area contributed by atoms with Gasteiger partial charge in [0.05, 0.1) is 4.90 Å². The molecule has 2 heterocycles. The van der Waals surface area contributed by atoms with Crippen molar-refractivity contribution in [2.45, 2.75) is 11.4 Å². The Hall–Kier alpha value is -3.65. The van der Waals surface area contributed by atoms with Gasteiger partial charge in [-0.1, -0.05) is 48.5 Å². The van der Waals surface area contributed by atoms with Gasteiger partial charge in [0.25, 0.3) is 0 Å². The lowest BCUT2D eigenvalue weighted by molar-refractivity contribution is -0.128. The summed E-state index contributed by atoms with van der Waals surface area (Å²) in [6, 6.07) is 23.4. The molecule has 8 heteroatoms. The standard InChI is InChI=1S/C27H26FN3O3S/c28-22-8-6-7-21(17-22)18-31-19-26(24-11-4-5-12-25(24)31)35(33,34)20-27(32)30-15-13-29(14-16-30)23-9-2-1-3-10-23/h1-12,17,19H,13-16,18,20H2. The molecule has 1 aromatic heterocycles. The predicted octanol–water partition coefficient (Wildman–Crippen LogP) is 3.95. The zero-order chi connectivity index (χ0) is 24.4. The van der Waals surface area contributed by atoms with E-state index in [0.29, 0.717) is 38.1 Å². The molecule has 0 unspecified atom stereocenters. The van der Waals surface area contributed by atoms with Crippen molar-refractivity contribution in [3.63, 3.8) is 0 Å². The van der Waals surface area contributed by atoms with Gasteiger partial charge < -0.3 is 14.4 Å². The summed E-state index contributed by atoms with van der Waals surface area (Å²) in [5.74, 6) is -1.31. The Kier molecular flexibility index (Phi) is 6.30. The number of piperazine rings is 1. The first kappa shape index (κ1) is 23.1. The van der Waals surface area contributed by atoms with Crippen molar-refractivity contribution < 1.29 is 17.6 Å². The number of aromatic nitrogens is 1. The van der Waals surface area contributed by atoms with Crippen molar-refractivity contribution in [3.05, 3.63) is 96.4 Å². The largest absolute Gasteiger partial charge is 0.368 e. The molecule has 4 aromatic rings. The number of rotatable bonds is 6. The predicted molar refractivity (Wildman–Crippen MR) is 135 cm³/mol. The van der Waals surface area contributed by atoms with Gasteiger partial charge in [-0.3, -0.25) is 4.79 Å². The molecular weight excluding hydrogens is 465 g/mol. The van der Waals surface area contributed by atoms with Crippen LogP contribution in [0.2, 0.25) is 0 Å². The normalized spacial score (nSPS) is 14.4. The van der Waals surface area contributed by atoms with Crippen LogP contribution in [-0.4, -0.2) is 55.7 Å². The Balaban J connectivity index is 1.34. The molecule has 1 aliphatic heterocycles. The number of anilines is 1. The van der Waals surface area contributed by atoms with Gasteiger partial charge in [0.15, 0.2) is 9.84 Å². The van der Waals surface area contributed by atoms with Gasteiger partial charge in [0, 0.05) is 55.5 Å². The monoisotopic (exact) mass is 491 g/mol. The smallest absolute Gasteiger partial charge is 0.238 e. The zero-order valence-corrected chi connectivity index (χ0v) is 20.0. The van der Waals surface area contributed by atoms with Gasteiger partial charge in [0.2, 0.25) is 5.91 Å². The number of halogens is 1. The number of hydrogen-bond acceptors (Lipinski definition) is 4. The van der Waals surface area contributed by atoms with Crippen molar-refractivity contribution in [2.75, 3.05) is 36.8 Å². The minimum atomic E-state index is -3.88. The van der Waals surface area contributed by atoms with Gasteiger partial charge in [0.1, 0.15) is 11.6 Å². The molecular formula is C27H26FN3O3S. The van der Waals surface area contributed by atoms with Gasteiger partial charge in [-0.2, -0.15) is 0 Å². The summed E-state index contributed by atoms with van der Waals surface area (Å²) < 4.78 is 42.2. The van der Waals surface area contributed by atoms with E-state index in [1.807, 2.05) is 42.5 Å². The first-order valence-electron chi connectivity index (χ1n) is 11.5. The summed E-state index contributed by atoms with van der Waals surface area (Å²) in [6.45, 7) is 2.59. The van der Waals surface area contributed by atoms with Crippen LogP contribution in [0.1, 0.15) is 5.56 Å². The SMILES string of the molecule is O=C(CS(=O)(=O)c1cn(Cc2cccc(F)c2)c2ccccc12)N1CCN(c2ccccc2)CC1. The van der Waals surface area contributed by atoms with Crippen LogP contribution in [0.3, 0.4) is 0 Å². The third-order valence-corrected chi connectivity index (χ3v) is 8.02. The highest BCUT2D eigenvalue weighted by Crippen LogP contribution is 2.27. The number of carbonyl (C=O) groups is 1. The van der Waals surface area contributed by atoms with Crippen LogP contribution in [0, 0.1) is 5.82 Å². The second kappa shape index (κ2) is 9.54. The second-order valence-electron chi connectivity index (χ2n) is 8.73. The highest BCUT2D eigenvalue weighted by atomic mass is 32.2. The Bertz CT molecular complexity index is 1460. The maximum absolute atomic E-state index is 13.7. The van der Waals surface area contributed by atoms with Gasteiger partial charge in [-0.05, 0) is 35.9 Å². The summed E-state index contributed by atoms with van der Waals surface area (Å²) in [5.41, 5.74) is 2.54. The fourth-order valence-corrected chi connectivity index (χ4v) is 6.07. The maximum atomic E-state index is 13.7. The average molecular weight is 492 g/mol. The van der Waals surface area contributed by atoms with Gasteiger partial charge >= 0.3 is 0 Å². The number of hydrogen-bond donors (Lipinski definition) is 0. The lowest BCUT2D eigenvalue weighted by Gasteiger charge is -2.36. The molecule has 5 rings (SSSR count). The maximum Gasteiger partial charge on any atom is 0.238 e. The number of fused-ring (bicyclic) bond motifs is 1. The molecule has 0 saturated carbocycles. The van der Waals surface area contributed by atoms with Crippen molar-refractivity contribution in [1.82, 2.24) is 9.47 Å². The molecule has 1 aliphatic rings. The van der Waals surface area contributed by atoms with Crippen LogP contribution in [-0.2, 0) is 21.2 Å². The molecule has 35 heavy (non-hydrogen) atoms. The third kappa shape index (κ3) is 4.93. The quantitative estimate of drug-likeness (QED) is 0.410. The summed E-state index contributed by atoms with van der Waals surface area (Å²) in [4.78, 5) is 16.9. The van der Waals surface area contributed by atoms with E-state index < -0.39 is 15.6 Å². The molecule has 1 fully saturated rings. The third-order valence-electron chi connectivity index (χ3n) is 6.40. The van der Waals surface area contributed by atoms with E-state index >= 15 is 0 Å². The van der Waals surface area contributed by atoms with E-state index in [0.717, 1.165) is 16.8 Å². The molecule has 0 aliphatic carbocycles. The van der Waals surface area contributed by atoms with Crippen LogP contribution < -0.4 is 4.90 Å². The Labute approximate surface area is 204 Å². The van der Waals surface area contributed by atoms with E-state index in [4.69, 9.17) is 0 Å². The molecule has 3 aromatic carbocycles. The van der Waals surface area contributed by atoms with Gasteiger partial charge in [-0.25, -0.2) is 12.8 Å². The first-order chi connectivity index (χ1) is 16.9. The number of benzene rings is 3. The Morgan fingerprint density at radius 2 is 1.57 bits per heavy atom. The lowest BCUT2D eigenvalue weighted by atomic mass is 10.2. The highest BCUT2D eigenvalue weighted by molar-refractivity contribution is 7.92. The topological polar surface area (TPSA) is 62.6 Å². The number of amides is 1. The first-order valence-corrected chi connectivity index (χ1v) is 13.2. The summed E-state index contributed by atoms with van der Waals surface area (Å²) in [6.07, 6.45) is 1.56. The van der Waals surface area contributed by atoms with E-state index in [1.54, 1.807) is 39.9 Å². The average Bonchev–Trinajstić information content (AvgIpc) is 3.24. The van der Waals surface area contributed by atoms with Crippen LogP contribution in [0.5, 0.6) is 0 Å². The fourth-order valence-electron chi connectivity index (χ4n) is 4.61. The summed E-state index contributed by atoms with van der Waals surface area (Å²) in [7, 11) is -3.88. The van der Waals surface area contributed by atoms with Crippen molar-refractivity contribution in [2.24, 2.45) is 0 Å². The number of nitrogens with zero attached hydrogens (tertiary/aromatic N) is 3. The number of para-hydroxylation sites is 2. The lowest BCUT2D eigenvalue weighted by Crippen LogP contribution is -2.50. The van der Waals surface area contributed by atoms with Crippen LogP contribution >= 0.6 is 0 Å². The fraction of sp³-hybridized carbons (Fsp3) is 0.222. The van der Waals surface area contributed by atoms with E-state index in [2.05, 4.69) is 4.90 Å². The number of sulfone groups is 1. The van der Waals surface area contributed by atoms with Crippen LogP contribution in [0.4, 0.5) is 10.1 Å². The van der Waals surface area contributed by atoms with E-state index in [1.165, 1.54) is 12.1 Å². The van der Waals surface area contributed by atoms with Crippen molar-refractivity contribution in [3.8, 4) is 0 Å². The molecule has 0 N–H and O–H groups in total. The molecule has 6 nitrogen and oxygen atoms in total. The molecule has 1 amide bonds. The van der Waals surface area contributed by atoms with Gasteiger partial charge in [-0.15, -0.1) is 0 Å². The zero-order valence-electron chi connectivity index (χ0n) is 19.2. The number of carbonyl (C=O) groups excluding carboxylic acids is 1. The van der Waals surface area contributed by atoms with E-state index in [9.17, 15) is 17.6 Å². The molecule has 180 valence electrons. The van der Waals surface area contributed by atoms with Crippen LogP contribution in [0.15, 0.2) is 90.0 Å². The Morgan fingerprint density at radius 3 is 2.31 bits per heavy atom. The minimum Gasteiger partial charge on any atom is -0.368 e. The Morgan fingerprint density at radius 1 is 0.857 bits per heavy atom. The minimum absolute atomic E-state index is 0.126. The van der Waals surface area contributed by atoms with Crippen LogP contribution in [0.25, 0.3) is 10.9 Å². The summed E-state index contributed by atoms with van der Waals surface area (Å²) >= 11 is 0. The van der Waals surface area contributed by atoms with Crippen molar-refractivity contribution in [1.29, 1.82) is 0 Å². The van der Waals surface area contributed by atoms with Crippen molar-refractivity contribution >= 4 is 32.3 Å². The van der Waals surface area contributed by atoms with E-state index in [-0.39, 0.29) is 16.6 Å². The second-order valence-corrected chi connectivity index (χ2v) is 10.7. The molecule has 0 atom stereocenters. The highest BCUT2D eigenvalue weighted by Gasteiger charge is 2.29. The summed E-state index contributed by atoms with van der Waals surface area (Å²) in [5, 5.41) is 0.561. The molecule has 1 saturated heterocycles. The molecule has 0 spiro atoms. The molecule has 0 bridgehead atoms.